The number of alkyl halides is 3. The van der Waals surface area contributed by atoms with Crippen LogP contribution in [0.1, 0.15) is 0 Å². The monoisotopic (exact) mass is 316 g/mol. The maximum Gasteiger partial charge on any atom is 0.491 e. The normalized spacial score (nSPS) is 11.0. The van der Waals surface area contributed by atoms with E-state index in [0.717, 1.165) is 0 Å². The van der Waals surface area contributed by atoms with Crippen LogP contribution < -0.4 is 9.47 Å². The highest BCUT2D eigenvalue weighted by atomic mass is 35.5. The average Bonchev–Trinajstić information content (AvgIpc) is 2.42. The lowest BCUT2D eigenvalue weighted by Gasteiger charge is -2.08. The summed E-state index contributed by atoms with van der Waals surface area (Å²) in [5, 5.41) is 0.553. The first kappa shape index (κ1) is 15.2. The Morgan fingerprint density at radius 2 is 1.29 bits per heavy atom. The van der Waals surface area contributed by atoms with Gasteiger partial charge in [-0.3, -0.25) is 0 Å². The molecule has 2 aromatic carbocycles. The van der Waals surface area contributed by atoms with Gasteiger partial charge in [0.25, 0.3) is 0 Å². The molecule has 0 saturated carbocycles. The molecule has 0 unspecified atom stereocenters. The van der Waals surface area contributed by atoms with Gasteiger partial charge in [0.2, 0.25) is 0 Å². The van der Waals surface area contributed by atoms with E-state index >= 15 is 0 Å². The molecular weight excluding hydrogens is 309 g/mol. The molecular formula is C14H8ClF3O3. The van der Waals surface area contributed by atoms with Crippen molar-refractivity contribution in [2.75, 3.05) is 0 Å². The molecule has 0 atom stereocenters. The van der Waals surface area contributed by atoms with Gasteiger partial charge < -0.3 is 9.47 Å². The number of hydrogen-bond acceptors (Lipinski definition) is 3. The Balaban J connectivity index is 2.02. The Morgan fingerprint density at radius 1 is 0.857 bits per heavy atom. The highest BCUT2D eigenvalue weighted by molar-refractivity contribution is 6.30. The number of benzene rings is 2. The topological polar surface area (TPSA) is 35.5 Å². The van der Waals surface area contributed by atoms with E-state index in [-0.39, 0.29) is 5.75 Å². The van der Waals surface area contributed by atoms with Crippen molar-refractivity contribution in [3.63, 3.8) is 0 Å². The Labute approximate surface area is 122 Å². The molecule has 0 aliphatic carbocycles. The third-order valence-electron chi connectivity index (χ3n) is 2.32. The summed E-state index contributed by atoms with van der Waals surface area (Å²) in [6, 6.07) is 11.7. The summed E-state index contributed by atoms with van der Waals surface area (Å²) in [7, 11) is 0. The van der Waals surface area contributed by atoms with E-state index < -0.39 is 12.1 Å². The quantitative estimate of drug-likeness (QED) is 0.613. The van der Waals surface area contributed by atoms with Gasteiger partial charge >= 0.3 is 12.1 Å². The van der Waals surface area contributed by atoms with Crippen LogP contribution in [0.3, 0.4) is 0 Å². The zero-order valence-electron chi connectivity index (χ0n) is 10.4. The van der Waals surface area contributed by atoms with Crippen molar-refractivity contribution < 1.29 is 27.4 Å². The third-order valence-corrected chi connectivity index (χ3v) is 2.57. The molecule has 21 heavy (non-hydrogen) atoms. The Morgan fingerprint density at radius 3 is 1.76 bits per heavy atom. The molecule has 0 aromatic heterocycles. The van der Waals surface area contributed by atoms with Crippen molar-refractivity contribution in [1.82, 2.24) is 0 Å². The minimum atomic E-state index is -5.03. The first-order chi connectivity index (χ1) is 9.84. The summed E-state index contributed by atoms with van der Waals surface area (Å²) in [4.78, 5) is 10.7. The van der Waals surface area contributed by atoms with Gasteiger partial charge in [0, 0.05) is 5.02 Å². The molecule has 0 heterocycles. The molecule has 0 fully saturated rings. The van der Waals surface area contributed by atoms with E-state index in [1.165, 1.54) is 24.3 Å². The molecule has 0 aliphatic heterocycles. The average molecular weight is 317 g/mol. The summed E-state index contributed by atoms with van der Waals surface area (Å²) < 4.78 is 45.7. The lowest BCUT2D eigenvalue weighted by Crippen LogP contribution is -2.27. The van der Waals surface area contributed by atoms with Crippen LogP contribution in [0.15, 0.2) is 48.5 Å². The second kappa shape index (κ2) is 6.05. The first-order valence-corrected chi connectivity index (χ1v) is 6.05. The fourth-order valence-electron chi connectivity index (χ4n) is 1.38. The molecule has 2 rings (SSSR count). The second-order valence-electron chi connectivity index (χ2n) is 3.91. The predicted octanol–water partition coefficient (Wildman–Crippen LogP) is 4.60. The maximum atomic E-state index is 12.0. The molecule has 0 amide bonds. The number of ether oxygens (including phenoxy) is 2. The molecule has 0 bridgehead atoms. The minimum absolute atomic E-state index is 0.221. The predicted molar refractivity (Wildman–Crippen MR) is 69.7 cm³/mol. The Bertz CT molecular complexity index is 621. The fourth-order valence-corrected chi connectivity index (χ4v) is 1.51. The molecule has 0 spiro atoms. The van der Waals surface area contributed by atoms with Crippen molar-refractivity contribution in [3.05, 3.63) is 53.6 Å². The number of esters is 1. The highest BCUT2D eigenvalue weighted by Crippen LogP contribution is 2.26. The van der Waals surface area contributed by atoms with E-state index in [1.807, 2.05) is 0 Å². The maximum absolute atomic E-state index is 12.0. The van der Waals surface area contributed by atoms with Crippen molar-refractivity contribution in [1.29, 1.82) is 0 Å². The summed E-state index contributed by atoms with van der Waals surface area (Å²) in [5.41, 5.74) is 0. The van der Waals surface area contributed by atoms with Crippen molar-refractivity contribution >= 4 is 17.6 Å². The van der Waals surface area contributed by atoms with Gasteiger partial charge in [-0.25, -0.2) is 4.79 Å². The lowest BCUT2D eigenvalue weighted by molar-refractivity contribution is -0.189. The second-order valence-corrected chi connectivity index (χ2v) is 4.35. The van der Waals surface area contributed by atoms with Gasteiger partial charge in [-0.2, -0.15) is 13.2 Å². The smallest absolute Gasteiger partial charge is 0.457 e. The molecule has 0 aliphatic rings. The number of carbonyl (C=O) groups is 1. The molecule has 0 saturated heterocycles. The molecule has 2 aromatic rings. The van der Waals surface area contributed by atoms with Gasteiger partial charge in [-0.15, -0.1) is 0 Å². The van der Waals surface area contributed by atoms with Crippen LogP contribution >= 0.6 is 11.6 Å². The molecule has 110 valence electrons. The Kier molecular flexibility index (Phi) is 4.37. The van der Waals surface area contributed by atoms with E-state index in [0.29, 0.717) is 16.5 Å². The number of hydrogen-bond donors (Lipinski definition) is 0. The van der Waals surface area contributed by atoms with Crippen LogP contribution in [0, 0.1) is 0 Å². The highest BCUT2D eigenvalue weighted by Gasteiger charge is 2.41. The van der Waals surface area contributed by atoms with Crippen molar-refractivity contribution in [2.24, 2.45) is 0 Å². The summed E-state index contributed by atoms with van der Waals surface area (Å²) in [5.74, 6) is -1.60. The summed E-state index contributed by atoms with van der Waals surface area (Å²) in [6.45, 7) is 0. The van der Waals surface area contributed by atoms with Crippen LogP contribution in [0.25, 0.3) is 0 Å². The number of rotatable bonds is 3. The first-order valence-electron chi connectivity index (χ1n) is 5.67. The third kappa shape index (κ3) is 4.39. The van der Waals surface area contributed by atoms with E-state index in [2.05, 4.69) is 4.74 Å². The van der Waals surface area contributed by atoms with Crippen LogP contribution in [0.4, 0.5) is 13.2 Å². The van der Waals surface area contributed by atoms with Crippen LogP contribution in [0.2, 0.25) is 5.02 Å². The van der Waals surface area contributed by atoms with Crippen LogP contribution in [-0.4, -0.2) is 12.1 Å². The van der Waals surface area contributed by atoms with Crippen LogP contribution in [-0.2, 0) is 4.79 Å². The fraction of sp³-hybridized carbons (Fsp3) is 0.0714. The molecule has 0 N–H and O–H groups in total. The molecule has 7 heteroatoms. The Hall–Kier alpha value is -2.21. The zero-order valence-corrected chi connectivity index (χ0v) is 11.1. The van der Waals surface area contributed by atoms with E-state index in [4.69, 9.17) is 16.3 Å². The van der Waals surface area contributed by atoms with Gasteiger partial charge in [0.05, 0.1) is 0 Å². The van der Waals surface area contributed by atoms with Gasteiger partial charge in [0.1, 0.15) is 17.2 Å². The lowest BCUT2D eigenvalue weighted by atomic mass is 10.3. The van der Waals surface area contributed by atoms with Gasteiger partial charge in [-0.1, -0.05) is 11.6 Å². The SMILES string of the molecule is O=C(Oc1ccc(Oc2ccc(Cl)cc2)cc1)C(F)(F)F. The number of halogens is 4. The van der Waals surface area contributed by atoms with Gasteiger partial charge in [-0.05, 0) is 48.5 Å². The van der Waals surface area contributed by atoms with Crippen molar-refractivity contribution in [3.8, 4) is 17.2 Å². The minimum Gasteiger partial charge on any atom is -0.457 e. The molecule has 0 radical (unpaired) electrons. The van der Waals surface area contributed by atoms with Crippen molar-refractivity contribution in [2.45, 2.75) is 6.18 Å². The standard InChI is InChI=1S/C14H8ClF3O3/c15-9-1-3-10(4-2-9)20-11-5-7-12(8-6-11)21-13(19)14(16,17)18/h1-8H. The zero-order chi connectivity index (χ0) is 15.5. The molecule has 3 nitrogen and oxygen atoms in total. The summed E-state index contributed by atoms with van der Waals surface area (Å²) in [6.07, 6.45) is -5.03. The summed E-state index contributed by atoms with van der Waals surface area (Å²) >= 11 is 5.72. The van der Waals surface area contributed by atoms with Crippen LogP contribution in [0.5, 0.6) is 17.2 Å². The van der Waals surface area contributed by atoms with Gasteiger partial charge in [0.15, 0.2) is 0 Å². The number of carbonyl (C=O) groups excluding carboxylic acids is 1. The van der Waals surface area contributed by atoms with E-state index in [9.17, 15) is 18.0 Å². The largest absolute Gasteiger partial charge is 0.491 e. The van der Waals surface area contributed by atoms with E-state index in [1.54, 1.807) is 24.3 Å².